The molecule has 1 atom stereocenters. The first kappa shape index (κ1) is 14.5. The Hall–Kier alpha value is -1.60. The van der Waals surface area contributed by atoms with Gasteiger partial charge in [-0.1, -0.05) is 0 Å². The second-order valence-corrected chi connectivity index (χ2v) is 4.47. The number of amides is 1. The van der Waals surface area contributed by atoms with Gasteiger partial charge in [-0.25, -0.2) is 4.79 Å². The number of aliphatic hydroxyl groups excluding tert-OH is 1. The Morgan fingerprint density at radius 3 is 2.61 bits per heavy atom. The highest BCUT2D eigenvalue weighted by molar-refractivity contribution is 9.10. The van der Waals surface area contributed by atoms with E-state index in [9.17, 15) is 9.59 Å². The van der Waals surface area contributed by atoms with Gasteiger partial charge in [0.1, 0.15) is 6.04 Å². The van der Waals surface area contributed by atoms with E-state index < -0.39 is 17.9 Å². The molecule has 0 saturated heterocycles. The fourth-order valence-corrected chi connectivity index (χ4v) is 1.68. The van der Waals surface area contributed by atoms with Gasteiger partial charge in [0.15, 0.2) is 0 Å². The van der Waals surface area contributed by atoms with Crippen LogP contribution in [0.5, 0.6) is 0 Å². The van der Waals surface area contributed by atoms with Crippen molar-refractivity contribution in [3.63, 3.8) is 0 Å². The Balaban J connectivity index is 2.80. The summed E-state index contributed by atoms with van der Waals surface area (Å²) < 4.78 is 0.559. The maximum Gasteiger partial charge on any atom is 0.326 e. The molecule has 0 aromatic heterocycles. The Bertz CT molecular complexity index is 464. The largest absolute Gasteiger partial charge is 0.480 e. The molecule has 0 spiro atoms. The van der Waals surface area contributed by atoms with E-state index >= 15 is 0 Å². The highest BCUT2D eigenvalue weighted by atomic mass is 79.9. The molecular formula is C11H13BrN2O4. The van der Waals surface area contributed by atoms with Gasteiger partial charge < -0.3 is 21.3 Å². The van der Waals surface area contributed by atoms with Crippen molar-refractivity contribution in [2.75, 3.05) is 12.3 Å². The SMILES string of the molecule is Nc1ccc(C(=O)N[C@@H](CCO)C(=O)O)cc1Br. The van der Waals surface area contributed by atoms with Gasteiger partial charge in [-0.15, -0.1) is 0 Å². The normalized spacial score (nSPS) is 11.9. The lowest BCUT2D eigenvalue weighted by atomic mass is 10.1. The van der Waals surface area contributed by atoms with Gasteiger partial charge in [0, 0.05) is 28.8 Å². The topological polar surface area (TPSA) is 113 Å². The quantitative estimate of drug-likeness (QED) is 0.594. The molecule has 1 aromatic rings. The molecule has 6 nitrogen and oxygen atoms in total. The molecule has 1 rings (SSSR count). The molecule has 0 heterocycles. The number of halogens is 1. The number of carbonyl (C=O) groups excluding carboxylic acids is 1. The average molecular weight is 317 g/mol. The highest BCUT2D eigenvalue weighted by Gasteiger charge is 2.20. The molecule has 0 aliphatic carbocycles. The number of carboxylic acids is 1. The van der Waals surface area contributed by atoms with Crippen LogP contribution in [-0.2, 0) is 4.79 Å². The van der Waals surface area contributed by atoms with Gasteiger partial charge in [0.2, 0.25) is 0 Å². The summed E-state index contributed by atoms with van der Waals surface area (Å²) in [6, 6.07) is 3.43. The Morgan fingerprint density at radius 2 is 2.11 bits per heavy atom. The summed E-state index contributed by atoms with van der Waals surface area (Å²) in [6.45, 7) is -0.317. The van der Waals surface area contributed by atoms with Crippen LogP contribution in [0.1, 0.15) is 16.8 Å². The van der Waals surface area contributed by atoms with E-state index in [4.69, 9.17) is 15.9 Å². The lowest BCUT2D eigenvalue weighted by Crippen LogP contribution is -2.41. The lowest BCUT2D eigenvalue weighted by molar-refractivity contribution is -0.139. The Kier molecular flexibility index (Phi) is 5.11. The summed E-state index contributed by atoms with van der Waals surface area (Å²) in [5.41, 5.74) is 6.36. The van der Waals surface area contributed by atoms with E-state index in [0.29, 0.717) is 15.7 Å². The number of carbonyl (C=O) groups is 2. The molecule has 98 valence electrons. The van der Waals surface area contributed by atoms with Gasteiger partial charge in [-0.05, 0) is 34.1 Å². The number of hydrogen-bond acceptors (Lipinski definition) is 4. The van der Waals surface area contributed by atoms with Crippen LogP contribution >= 0.6 is 15.9 Å². The van der Waals surface area contributed by atoms with Crippen LogP contribution in [0.4, 0.5) is 5.69 Å². The van der Waals surface area contributed by atoms with E-state index in [1.165, 1.54) is 12.1 Å². The number of hydrogen-bond donors (Lipinski definition) is 4. The monoisotopic (exact) mass is 316 g/mol. The third-order valence-electron chi connectivity index (χ3n) is 2.28. The smallest absolute Gasteiger partial charge is 0.326 e. The molecule has 0 saturated carbocycles. The van der Waals surface area contributed by atoms with E-state index in [-0.39, 0.29) is 13.0 Å². The Labute approximate surface area is 112 Å². The minimum atomic E-state index is -1.19. The van der Waals surface area contributed by atoms with Crippen molar-refractivity contribution in [3.8, 4) is 0 Å². The number of benzene rings is 1. The van der Waals surface area contributed by atoms with Gasteiger partial charge in [-0.2, -0.15) is 0 Å². The van der Waals surface area contributed by atoms with E-state index in [2.05, 4.69) is 21.2 Å². The second-order valence-electron chi connectivity index (χ2n) is 3.61. The van der Waals surface area contributed by atoms with Gasteiger partial charge in [-0.3, -0.25) is 4.79 Å². The molecule has 0 radical (unpaired) electrons. The number of anilines is 1. The summed E-state index contributed by atoms with van der Waals surface area (Å²) in [5.74, 6) is -1.72. The third kappa shape index (κ3) is 3.71. The number of aliphatic hydroxyl groups is 1. The minimum absolute atomic E-state index is 0.0444. The fraction of sp³-hybridized carbons (Fsp3) is 0.273. The molecule has 0 aliphatic heterocycles. The molecular weight excluding hydrogens is 304 g/mol. The van der Waals surface area contributed by atoms with Gasteiger partial charge in [0.05, 0.1) is 0 Å². The first-order valence-corrected chi connectivity index (χ1v) is 5.94. The maximum absolute atomic E-state index is 11.8. The predicted octanol–water partition coefficient (Wildman–Crippen LogP) is 0.597. The van der Waals surface area contributed by atoms with Crippen molar-refractivity contribution in [1.82, 2.24) is 5.32 Å². The highest BCUT2D eigenvalue weighted by Crippen LogP contribution is 2.20. The molecule has 5 N–H and O–H groups in total. The van der Waals surface area contributed by atoms with Crippen LogP contribution in [0.15, 0.2) is 22.7 Å². The molecule has 0 unspecified atom stereocenters. The van der Waals surface area contributed by atoms with Crippen LogP contribution in [0.25, 0.3) is 0 Å². The number of carboxylic acid groups (broad SMARTS) is 1. The molecule has 0 aliphatic rings. The zero-order valence-corrected chi connectivity index (χ0v) is 11.0. The first-order chi connectivity index (χ1) is 8.45. The summed E-state index contributed by atoms with van der Waals surface area (Å²) in [7, 11) is 0. The van der Waals surface area contributed by atoms with Crippen LogP contribution in [0.2, 0.25) is 0 Å². The molecule has 0 bridgehead atoms. The number of nitrogens with two attached hydrogens (primary N) is 1. The van der Waals surface area contributed by atoms with Crippen LogP contribution in [-0.4, -0.2) is 34.7 Å². The second kappa shape index (κ2) is 6.36. The van der Waals surface area contributed by atoms with Crippen molar-refractivity contribution >= 4 is 33.5 Å². The molecule has 1 amide bonds. The maximum atomic E-state index is 11.8. The number of nitrogens with one attached hydrogen (secondary N) is 1. The van der Waals surface area contributed by atoms with E-state index in [0.717, 1.165) is 0 Å². The summed E-state index contributed by atoms with van der Waals surface area (Å²) in [4.78, 5) is 22.6. The van der Waals surface area contributed by atoms with Crippen molar-refractivity contribution in [1.29, 1.82) is 0 Å². The zero-order chi connectivity index (χ0) is 13.7. The van der Waals surface area contributed by atoms with E-state index in [1.54, 1.807) is 6.07 Å². The van der Waals surface area contributed by atoms with E-state index in [1.807, 2.05) is 0 Å². The standard InChI is InChI=1S/C11H13BrN2O4/c12-7-5-6(1-2-8(7)13)10(16)14-9(3-4-15)11(17)18/h1-2,5,9,15H,3-4,13H2,(H,14,16)(H,17,18)/t9-/m0/s1. The average Bonchev–Trinajstić information content (AvgIpc) is 2.31. The molecule has 1 aromatic carbocycles. The van der Waals surface area contributed by atoms with Crippen LogP contribution < -0.4 is 11.1 Å². The summed E-state index contributed by atoms with van der Waals surface area (Å²) in [6.07, 6.45) is -0.0444. The minimum Gasteiger partial charge on any atom is -0.480 e. The lowest BCUT2D eigenvalue weighted by Gasteiger charge is -2.13. The fourth-order valence-electron chi connectivity index (χ4n) is 1.30. The molecule has 7 heteroatoms. The van der Waals surface area contributed by atoms with Crippen molar-refractivity contribution in [2.24, 2.45) is 0 Å². The summed E-state index contributed by atoms with van der Waals surface area (Å²) in [5, 5.41) is 19.9. The van der Waals surface area contributed by atoms with Crippen molar-refractivity contribution in [3.05, 3.63) is 28.2 Å². The molecule has 0 fully saturated rings. The van der Waals surface area contributed by atoms with Crippen molar-refractivity contribution in [2.45, 2.75) is 12.5 Å². The number of rotatable bonds is 5. The number of nitrogen functional groups attached to an aromatic ring is 1. The van der Waals surface area contributed by atoms with Gasteiger partial charge in [0.25, 0.3) is 5.91 Å². The summed E-state index contributed by atoms with van der Waals surface area (Å²) >= 11 is 3.18. The first-order valence-electron chi connectivity index (χ1n) is 5.15. The van der Waals surface area contributed by atoms with Crippen molar-refractivity contribution < 1.29 is 19.8 Å². The van der Waals surface area contributed by atoms with Crippen LogP contribution in [0, 0.1) is 0 Å². The molecule has 18 heavy (non-hydrogen) atoms. The Morgan fingerprint density at radius 1 is 1.44 bits per heavy atom. The zero-order valence-electron chi connectivity index (χ0n) is 9.39. The third-order valence-corrected chi connectivity index (χ3v) is 2.97. The van der Waals surface area contributed by atoms with Crippen LogP contribution in [0.3, 0.4) is 0 Å². The van der Waals surface area contributed by atoms with Gasteiger partial charge >= 0.3 is 5.97 Å². The predicted molar refractivity (Wildman–Crippen MR) is 69.1 cm³/mol. The number of aliphatic carboxylic acids is 1.